The van der Waals surface area contributed by atoms with Gasteiger partial charge in [0.15, 0.2) is 5.96 Å². The van der Waals surface area contributed by atoms with Gasteiger partial charge in [-0.3, -0.25) is 48.7 Å². The maximum atomic E-state index is 14.6. The molecule has 2 aromatic heterocycles. The second-order valence-electron chi connectivity index (χ2n) is 17.1. The van der Waals surface area contributed by atoms with Crippen molar-refractivity contribution < 1.29 is 43.2 Å². The van der Waals surface area contributed by atoms with Gasteiger partial charge < -0.3 is 64.0 Å². The first kappa shape index (κ1) is 51.1. The van der Waals surface area contributed by atoms with Gasteiger partial charge in [0.2, 0.25) is 41.4 Å². The fourth-order valence-electron chi connectivity index (χ4n) is 8.21. The highest BCUT2D eigenvalue weighted by Gasteiger charge is 2.44. The van der Waals surface area contributed by atoms with Gasteiger partial charge in [0.05, 0.1) is 6.33 Å². The normalized spacial score (nSPS) is 23.8. The second-order valence-corrected chi connectivity index (χ2v) is 17.1. The van der Waals surface area contributed by atoms with Gasteiger partial charge in [-0.1, -0.05) is 48.5 Å². The van der Waals surface area contributed by atoms with Gasteiger partial charge in [0, 0.05) is 67.8 Å². The Morgan fingerprint density at radius 2 is 1.40 bits per heavy atom. The van der Waals surface area contributed by atoms with E-state index in [9.17, 15) is 43.2 Å². The summed E-state index contributed by atoms with van der Waals surface area (Å²) in [4.78, 5) is 135. The molecular formula is C46H59N15O9. The Kier molecular flexibility index (Phi) is 17.6. The minimum atomic E-state index is -1.43. The molecule has 0 radical (unpaired) electrons. The summed E-state index contributed by atoms with van der Waals surface area (Å²) in [7, 11) is 0. The van der Waals surface area contributed by atoms with Crippen LogP contribution in [0.5, 0.6) is 0 Å². The first-order valence-corrected chi connectivity index (χ1v) is 22.9. The number of carbonyl (C=O) groups excluding carboxylic acids is 9. The largest absolute Gasteiger partial charge is 0.370 e. The quantitative estimate of drug-likeness (QED) is 0.0339. The van der Waals surface area contributed by atoms with Gasteiger partial charge in [-0.2, -0.15) is 0 Å². The Hall–Kier alpha value is -8.31. The molecule has 2 fully saturated rings. The van der Waals surface area contributed by atoms with Gasteiger partial charge in [-0.15, -0.1) is 0 Å². The highest BCUT2D eigenvalue weighted by molar-refractivity contribution is 6.08. The summed E-state index contributed by atoms with van der Waals surface area (Å²) in [5.74, 6) is -6.59. The topological polar surface area (TPSA) is 373 Å². The number of H-pyrrole nitrogens is 2. The molecule has 0 saturated carbocycles. The van der Waals surface area contributed by atoms with Crippen LogP contribution in [0.3, 0.4) is 0 Å². The van der Waals surface area contributed by atoms with E-state index in [0.29, 0.717) is 21.7 Å². The van der Waals surface area contributed by atoms with Crippen molar-refractivity contribution in [3.63, 3.8) is 0 Å². The van der Waals surface area contributed by atoms with Crippen LogP contribution in [0.2, 0.25) is 0 Å². The van der Waals surface area contributed by atoms with Crippen molar-refractivity contribution in [2.75, 3.05) is 13.1 Å². The van der Waals surface area contributed by atoms with Crippen LogP contribution in [-0.4, -0.2) is 134 Å². The Morgan fingerprint density at radius 1 is 0.757 bits per heavy atom. The van der Waals surface area contributed by atoms with E-state index in [1.54, 1.807) is 36.5 Å². The number of amides is 10. The monoisotopic (exact) mass is 965 g/mol. The van der Waals surface area contributed by atoms with E-state index in [-0.39, 0.29) is 76.8 Å². The Labute approximate surface area is 401 Å². The van der Waals surface area contributed by atoms with Crippen molar-refractivity contribution in [3.8, 4) is 0 Å². The lowest BCUT2D eigenvalue weighted by molar-refractivity contribution is -0.137. The van der Waals surface area contributed by atoms with Crippen molar-refractivity contribution in [2.24, 2.45) is 11.5 Å². The Balaban J connectivity index is 1.35. The average molecular weight is 966 g/mol. The lowest BCUT2D eigenvalue weighted by Crippen LogP contribution is -2.60. The standard InChI is InChI=1S/C46H59N15O9/c1-25-39(64)57-36(21-28-23-50-24-54-28)43(68)58-34(19-26-9-3-2-4-10-26)41(66)56-32(14-8-18-52-45(48)49)40(65)59-35(20-27-22-53-30-12-6-5-11-29(27)30)42(67)55-31(38(47)63)13-7-17-51-37(62)16-15-33-44(69)61(25)46(70)60-33/h2-6,9-12,22-25,31-36,53H,7-8,13-21H2,1H3,(H2,47,63)(H,50,54)(H,51,62)(H,55,67)(H,56,66)(H,57,64)(H,58,68)(H,59,65)(H,60,70)(H4,48,49,52)/t25-,31?,32+,33+,34-,35+,36+/m1/s1. The summed E-state index contributed by atoms with van der Waals surface area (Å²) >= 11 is 0. The van der Waals surface area contributed by atoms with Crippen molar-refractivity contribution in [1.29, 1.82) is 5.41 Å². The van der Waals surface area contributed by atoms with Crippen LogP contribution in [0, 0.1) is 5.41 Å². The molecule has 2 aliphatic rings. The number of rotatable bonds is 11. The van der Waals surface area contributed by atoms with Crippen molar-refractivity contribution in [3.05, 3.63) is 90.1 Å². The number of nitrogens with zero attached hydrogens (tertiary/aromatic N) is 2. The van der Waals surface area contributed by atoms with Gasteiger partial charge in [0.25, 0.3) is 5.91 Å². The summed E-state index contributed by atoms with van der Waals surface area (Å²) in [6.07, 6.45) is 4.10. The zero-order valence-corrected chi connectivity index (χ0v) is 38.5. The number of imide groups is 1. The Morgan fingerprint density at radius 3 is 2.10 bits per heavy atom. The van der Waals surface area contributed by atoms with E-state index < -0.39 is 95.6 Å². The molecule has 4 aromatic rings. The molecule has 2 aliphatic heterocycles. The van der Waals surface area contributed by atoms with Crippen molar-refractivity contribution >= 4 is 70.2 Å². The number of aromatic amines is 2. The molecule has 15 N–H and O–H groups in total. The van der Waals surface area contributed by atoms with Crippen LogP contribution < -0.4 is 54.0 Å². The molecule has 4 heterocycles. The van der Waals surface area contributed by atoms with E-state index in [0.717, 1.165) is 10.9 Å². The first-order valence-electron chi connectivity index (χ1n) is 22.9. The average Bonchev–Trinajstić information content (AvgIpc) is 4.07. The predicted octanol–water partition coefficient (Wildman–Crippen LogP) is -1.91. The van der Waals surface area contributed by atoms with Gasteiger partial charge >= 0.3 is 6.03 Å². The number of fused-ring (bicyclic) bond motifs is 3. The third-order valence-electron chi connectivity index (χ3n) is 12.0. The molecule has 0 aliphatic carbocycles. The number of nitrogens with one attached hydrogen (secondary N) is 11. The molecule has 0 spiro atoms. The molecule has 372 valence electrons. The lowest BCUT2D eigenvalue weighted by Gasteiger charge is -2.28. The maximum absolute atomic E-state index is 14.6. The number of guanidine groups is 1. The number of primary amides is 1. The molecule has 2 saturated heterocycles. The molecule has 6 rings (SSSR count). The summed E-state index contributed by atoms with van der Waals surface area (Å²) in [6, 6.07) is 5.77. The van der Waals surface area contributed by atoms with Crippen molar-refractivity contribution in [1.82, 2.24) is 62.4 Å². The highest BCUT2D eigenvalue weighted by atomic mass is 16.2. The van der Waals surface area contributed by atoms with E-state index >= 15 is 0 Å². The maximum Gasteiger partial charge on any atom is 0.325 e. The number of imidazole rings is 1. The minimum absolute atomic E-state index is 0.0136. The number of para-hydroxylation sites is 1. The second kappa shape index (κ2) is 24.1. The predicted molar refractivity (Wildman–Crippen MR) is 253 cm³/mol. The minimum Gasteiger partial charge on any atom is -0.370 e. The van der Waals surface area contributed by atoms with E-state index in [1.165, 1.54) is 19.4 Å². The van der Waals surface area contributed by atoms with Crippen molar-refractivity contribution in [2.45, 2.75) is 107 Å². The first-order chi connectivity index (χ1) is 33.6. The van der Waals surface area contributed by atoms with E-state index in [2.05, 4.69) is 57.5 Å². The number of hydrogen-bond donors (Lipinski definition) is 13. The third-order valence-corrected chi connectivity index (χ3v) is 12.0. The molecule has 24 nitrogen and oxygen atoms in total. The van der Waals surface area contributed by atoms with Crippen LogP contribution >= 0.6 is 0 Å². The molecule has 7 atom stereocenters. The number of nitrogens with two attached hydrogens (primary N) is 2. The van der Waals surface area contributed by atoms with Gasteiger partial charge in [-0.25, -0.2) is 9.78 Å². The van der Waals surface area contributed by atoms with Gasteiger partial charge in [0.1, 0.15) is 42.3 Å². The summed E-state index contributed by atoms with van der Waals surface area (Å²) in [5.41, 5.74) is 13.7. The molecular weight excluding hydrogens is 907 g/mol. The molecule has 10 amide bonds. The fourth-order valence-corrected chi connectivity index (χ4v) is 8.21. The zero-order chi connectivity index (χ0) is 50.3. The lowest BCUT2D eigenvalue weighted by atomic mass is 10.0. The van der Waals surface area contributed by atoms with E-state index in [1.807, 2.05) is 24.3 Å². The molecule has 70 heavy (non-hydrogen) atoms. The number of aromatic nitrogens is 3. The smallest absolute Gasteiger partial charge is 0.325 e. The number of benzene rings is 2. The Bertz CT molecular complexity index is 2550. The van der Waals surface area contributed by atoms with Crippen LogP contribution in [0.1, 0.15) is 62.3 Å². The summed E-state index contributed by atoms with van der Waals surface area (Å²) < 4.78 is 0. The zero-order valence-electron chi connectivity index (χ0n) is 38.5. The SMILES string of the molecule is C[C@@H]1C(=O)N[C@@H](Cc2cnc[nH]2)C(=O)N[C@H](Cc2ccccc2)C(=O)N[C@@H](CCCNC(=N)N)C(=O)N[C@@H](Cc2c[nH]c3ccccc23)C(=O)NC(C(N)=O)CCCNC(=O)CC[C@@H]2NC(=O)N1C2=O. The summed E-state index contributed by atoms with van der Waals surface area (Å²) in [5, 5.41) is 29.7. The van der Waals surface area contributed by atoms with Gasteiger partial charge in [-0.05, 0) is 56.2 Å². The molecule has 1 unspecified atom stereocenters. The van der Waals surface area contributed by atoms with Crippen LogP contribution in [0.25, 0.3) is 10.9 Å². The molecule has 2 aromatic carbocycles. The van der Waals surface area contributed by atoms with Crippen LogP contribution in [-0.2, 0) is 57.6 Å². The molecule has 2 bridgehead atoms. The number of carbonyl (C=O) groups is 9. The van der Waals surface area contributed by atoms with Crippen LogP contribution in [0.4, 0.5) is 4.79 Å². The summed E-state index contributed by atoms with van der Waals surface area (Å²) in [6.45, 7) is 1.47. The number of hydrogen-bond acceptors (Lipinski definition) is 11. The highest BCUT2D eigenvalue weighted by Crippen LogP contribution is 2.20. The molecule has 24 heteroatoms. The van der Waals surface area contributed by atoms with E-state index in [4.69, 9.17) is 16.9 Å². The number of urea groups is 1. The fraction of sp³-hybridized carbons (Fsp3) is 0.413. The van der Waals surface area contributed by atoms with Crippen LogP contribution in [0.15, 0.2) is 73.3 Å². The third kappa shape index (κ3) is 13.9.